The molecule has 1 N–H and O–H groups in total. The molecule has 1 aliphatic rings. The van der Waals surface area contributed by atoms with Crippen LogP contribution in [0.2, 0.25) is 5.02 Å². The van der Waals surface area contributed by atoms with Gasteiger partial charge in [0, 0.05) is 41.6 Å². The van der Waals surface area contributed by atoms with E-state index in [4.69, 9.17) is 16.3 Å². The van der Waals surface area contributed by atoms with Crippen LogP contribution in [0.15, 0.2) is 58.8 Å². The first kappa shape index (κ1) is 20.0. The number of phenolic OH excluding ortho intramolecular Hbond substituents is 1. The number of imide groups is 1. The summed E-state index contributed by atoms with van der Waals surface area (Å²) < 4.78 is 5.03. The van der Waals surface area contributed by atoms with Gasteiger partial charge >= 0.3 is 0 Å². The van der Waals surface area contributed by atoms with Crippen LogP contribution in [0.3, 0.4) is 0 Å². The van der Waals surface area contributed by atoms with Gasteiger partial charge in [0.2, 0.25) is 0 Å². The minimum Gasteiger partial charge on any atom is -0.505 e. The van der Waals surface area contributed by atoms with Crippen molar-refractivity contribution < 1.29 is 19.4 Å². The van der Waals surface area contributed by atoms with Crippen molar-refractivity contribution >= 4 is 45.6 Å². The number of hydrogen-bond acceptors (Lipinski definition) is 6. The molecule has 0 fully saturated rings. The van der Waals surface area contributed by atoms with Crippen molar-refractivity contribution in [2.24, 2.45) is 10.2 Å². The number of azo groups is 1. The smallest absolute Gasteiger partial charge is 0.261 e. The Labute approximate surface area is 177 Å². The molecule has 30 heavy (non-hydrogen) atoms. The van der Waals surface area contributed by atoms with Crippen LogP contribution in [-0.4, -0.2) is 42.1 Å². The topological polar surface area (TPSA) is 91.6 Å². The number of amides is 2. The van der Waals surface area contributed by atoms with E-state index in [2.05, 4.69) is 10.2 Å². The van der Waals surface area contributed by atoms with E-state index >= 15 is 0 Å². The fourth-order valence-corrected chi connectivity index (χ4v) is 3.67. The van der Waals surface area contributed by atoms with Gasteiger partial charge in [-0.05, 0) is 36.8 Å². The van der Waals surface area contributed by atoms with Gasteiger partial charge in [-0.3, -0.25) is 14.5 Å². The molecule has 2 amide bonds. The van der Waals surface area contributed by atoms with Gasteiger partial charge < -0.3 is 9.84 Å². The molecule has 8 heteroatoms. The lowest BCUT2D eigenvalue weighted by Crippen LogP contribution is -2.41. The van der Waals surface area contributed by atoms with Crippen molar-refractivity contribution in [3.05, 3.63) is 64.7 Å². The normalized spacial score (nSPS) is 13.6. The molecule has 0 unspecified atom stereocenters. The molecule has 1 aliphatic heterocycles. The number of nitrogens with zero attached hydrogens (tertiary/aromatic N) is 3. The summed E-state index contributed by atoms with van der Waals surface area (Å²) in [4.78, 5) is 27.2. The van der Waals surface area contributed by atoms with Crippen molar-refractivity contribution in [2.45, 2.75) is 6.42 Å². The van der Waals surface area contributed by atoms with Crippen molar-refractivity contribution in [1.82, 2.24) is 4.90 Å². The maximum Gasteiger partial charge on any atom is 0.261 e. The Balaban J connectivity index is 1.81. The number of methoxy groups -OCH3 is 1. The molecule has 0 aliphatic carbocycles. The summed E-state index contributed by atoms with van der Waals surface area (Å²) in [5, 5.41) is 20.3. The molecule has 4 rings (SSSR count). The van der Waals surface area contributed by atoms with Crippen LogP contribution in [0.5, 0.6) is 5.75 Å². The Bertz CT molecular complexity index is 1190. The zero-order valence-electron chi connectivity index (χ0n) is 16.1. The van der Waals surface area contributed by atoms with Crippen LogP contribution in [0.1, 0.15) is 27.1 Å². The van der Waals surface area contributed by atoms with Gasteiger partial charge in [0.1, 0.15) is 5.69 Å². The zero-order chi connectivity index (χ0) is 21.3. The van der Waals surface area contributed by atoms with Crippen molar-refractivity contribution in [3.63, 3.8) is 0 Å². The second-order valence-electron chi connectivity index (χ2n) is 6.81. The van der Waals surface area contributed by atoms with E-state index in [0.29, 0.717) is 45.6 Å². The molecule has 0 radical (unpaired) electrons. The SMILES string of the molecule is COCCCN1C(=O)c2cccc3c(O)c(N=Nc4cccc(Cl)c4)cc(c23)C1=O. The first-order valence-corrected chi connectivity index (χ1v) is 9.70. The largest absolute Gasteiger partial charge is 0.505 e. The molecule has 0 saturated carbocycles. The van der Waals surface area contributed by atoms with E-state index in [-0.39, 0.29) is 23.9 Å². The Kier molecular flexibility index (Phi) is 5.48. The summed E-state index contributed by atoms with van der Waals surface area (Å²) in [6, 6.07) is 13.2. The maximum absolute atomic E-state index is 13.1. The maximum atomic E-state index is 13.1. The number of rotatable bonds is 6. The molecule has 0 aromatic heterocycles. The van der Waals surface area contributed by atoms with Crippen molar-refractivity contribution in [1.29, 1.82) is 0 Å². The number of carbonyl (C=O) groups is 2. The summed E-state index contributed by atoms with van der Waals surface area (Å²) in [5.74, 6) is -0.962. The van der Waals surface area contributed by atoms with Gasteiger partial charge in [0.25, 0.3) is 11.8 Å². The minimum absolute atomic E-state index is 0.133. The third-order valence-corrected chi connectivity index (χ3v) is 5.11. The highest BCUT2D eigenvalue weighted by Gasteiger charge is 2.34. The highest BCUT2D eigenvalue weighted by Crippen LogP contribution is 2.41. The van der Waals surface area contributed by atoms with E-state index < -0.39 is 5.91 Å². The summed E-state index contributed by atoms with van der Waals surface area (Å²) in [7, 11) is 1.57. The predicted octanol–water partition coefficient (Wildman–Crippen LogP) is 5.25. The summed E-state index contributed by atoms with van der Waals surface area (Å²) in [6.07, 6.45) is 0.526. The highest BCUT2D eigenvalue weighted by molar-refractivity contribution is 6.30. The molecule has 0 spiro atoms. The van der Waals surface area contributed by atoms with Crippen LogP contribution in [-0.2, 0) is 4.74 Å². The average Bonchev–Trinajstić information content (AvgIpc) is 2.74. The second-order valence-corrected chi connectivity index (χ2v) is 7.24. The molecule has 3 aromatic rings. The van der Waals surface area contributed by atoms with E-state index in [9.17, 15) is 14.7 Å². The Morgan fingerprint density at radius 1 is 1.03 bits per heavy atom. The van der Waals surface area contributed by atoms with Crippen molar-refractivity contribution in [3.8, 4) is 5.75 Å². The van der Waals surface area contributed by atoms with E-state index in [1.165, 1.54) is 11.0 Å². The molecule has 0 atom stereocenters. The average molecular weight is 424 g/mol. The minimum atomic E-state index is -0.431. The predicted molar refractivity (Wildman–Crippen MR) is 113 cm³/mol. The quantitative estimate of drug-likeness (QED) is 0.333. The van der Waals surface area contributed by atoms with Gasteiger partial charge in [-0.25, -0.2) is 0 Å². The fourth-order valence-electron chi connectivity index (χ4n) is 3.48. The first-order chi connectivity index (χ1) is 14.5. The van der Waals surface area contributed by atoms with E-state index in [0.717, 1.165) is 0 Å². The molecular formula is C22H18ClN3O4. The lowest BCUT2D eigenvalue weighted by Gasteiger charge is -2.27. The number of benzene rings is 3. The van der Waals surface area contributed by atoms with Gasteiger partial charge in [-0.2, -0.15) is 5.11 Å². The van der Waals surface area contributed by atoms with Crippen molar-refractivity contribution in [2.75, 3.05) is 20.3 Å². The second kappa shape index (κ2) is 8.22. The lowest BCUT2D eigenvalue weighted by molar-refractivity contribution is 0.0595. The van der Waals surface area contributed by atoms with Crippen LogP contribution in [0, 0.1) is 0 Å². The van der Waals surface area contributed by atoms with Crippen LogP contribution in [0.25, 0.3) is 10.8 Å². The van der Waals surface area contributed by atoms with Gasteiger partial charge in [0.05, 0.1) is 11.3 Å². The van der Waals surface area contributed by atoms with Crippen LogP contribution in [0.4, 0.5) is 11.4 Å². The molecule has 0 bridgehead atoms. The number of phenols is 1. The Hall–Kier alpha value is -3.29. The van der Waals surface area contributed by atoms with Crippen LogP contribution < -0.4 is 0 Å². The highest BCUT2D eigenvalue weighted by atomic mass is 35.5. The van der Waals surface area contributed by atoms with Gasteiger partial charge in [-0.1, -0.05) is 29.8 Å². The molecule has 3 aromatic carbocycles. The molecule has 152 valence electrons. The lowest BCUT2D eigenvalue weighted by atomic mass is 9.92. The van der Waals surface area contributed by atoms with Gasteiger partial charge in [-0.15, -0.1) is 5.11 Å². The third-order valence-electron chi connectivity index (χ3n) is 4.88. The summed E-state index contributed by atoms with van der Waals surface area (Å²) in [6.45, 7) is 0.671. The molecule has 0 saturated heterocycles. The monoisotopic (exact) mass is 423 g/mol. The molecular weight excluding hydrogens is 406 g/mol. The number of aromatic hydroxyl groups is 1. The summed E-state index contributed by atoms with van der Waals surface area (Å²) >= 11 is 5.97. The zero-order valence-corrected chi connectivity index (χ0v) is 16.9. The van der Waals surface area contributed by atoms with E-state index in [1.807, 2.05) is 0 Å². The standard InChI is InChI=1S/C22H18ClN3O4/c1-30-10-4-9-26-21(28)16-8-3-7-15-19(16)17(22(26)29)12-18(20(15)27)25-24-14-6-2-5-13(23)11-14/h2-3,5-8,11-12,27H,4,9-10H2,1H3. The number of ether oxygens (including phenoxy) is 1. The number of hydrogen-bond donors (Lipinski definition) is 1. The Morgan fingerprint density at radius 2 is 1.80 bits per heavy atom. The molecule has 7 nitrogen and oxygen atoms in total. The van der Waals surface area contributed by atoms with Gasteiger partial charge in [0.15, 0.2) is 5.75 Å². The fraction of sp³-hybridized carbons (Fsp3) is 0.182. The number of carbonyl (C=O) groups excluding carboxylic acids is 2. The van der Waals surface area contributed by atoms with Crippen LogP contribution >= 0.6 is 11.6 Å². The molecule has 1 heterocycles. The summed E-state index contributed by atoms with van der Waals surface area (Å²) in [5.41, 5.74) is 1.31. The Morgan fingerprint density at radius 3 is 2.57 bits per heavy atom. The van der Waals surface area contributed by atoms with E-state index in [1.54, 1.807) is 49.6 Å². The first-order valence-electron chi connectivity index (χ1n) is 9.32. The third kappa shape index (κ3) is 3.53. The number of halogens is 1.